The Kier molecular flexibility index (Phi) is 5.64. The molecule has 4 nitrogen and oxygen atoms in total. The molecule has 1 saturated heterocycles. The summed E-state index contributed by atoms with van der Waals surface area (Å²) < 4.78 is 40.9. The second kappa shape index (κ2) is 8.05. The van der Waals surface area contributed by atoms with Crippen molar-refractivity contribution in [1.29, 1.82) is 0 Å². The summed E-state index contributed by atoms with van der Waals surface area (Å²) in [7, 11) is 3.29. The van der Waals surface area contributed by atoms with Crippen LogP contribution >= 0.6 is 11.8 Å². The van der Waals surface area contributed by atoms with Gasteiger partial charge in [-0.25, -0.2) is 8.78 Å². The summed E-state index contributed by atoms with van der Waals surface area (Å²) in [6.07, 6.45) is 2.06. The van der Waals surface area contributed by atoms with E-state index in [2.05, 4.69) is 0 Å². The number of methoxy groups -OCH3 is 1. The first-order chi connectivity index (χ1) is 13.9. The standard InChI is InChI=1S/C22H23F2NO3S/c1-25-18-5-4-16(11-14(18)3-6-20(25)26)29-19-13-15(23)12-17(21(19)24)22(27-2)7-9-28-10-8-22/h4-5,11-13H,3,6-10H2,1-2H3. The zero-order valence-electron chi connectivity index (χ0n) is 16.5. The number of hydrogen-bond acceptors (Lipinski definition) is 4. The van der Waals surface area contributed by atoms with Crippen LogP contribution in [0.5, 0.6) is 0 Å². The maximum Gasteiger partial charge on any atom is 0.227 e. The predicted molar refractivity (Wildman–Crippen MR) is 107 cm³/mol. The summed E-state index contributed by atoms with van der Waals surface area (Å²) in [4.78, 5) is 14.5. The molecule has 2 heterocycles. The number of ether oxygens (including phenoxy) is 2. The van der Waals surface area contributed by atoms with Crippen molar-refractivity contribution < 1.29 is 23.0 Å². The van der Waals surface area contributed by atoms with Crippen LogP contribution in [0, 0.1) is 11.6 Å². The van der Waals surface area contributed by atoms with Gasteiger partial charge in [0.05, 0.1) is 4.90 Å². The van der Waals surface area contributed by atoms with E-state index in [0.29, 0.717) is 38.9 Å². The topological polar surface area (TPSA) is 38.8 Å². The molecule has 1 fully saturated rings. The van der Waals surface area contributed by atoms with E-state index < -0.39 is 17.2 Å². The second-order valence-corrected chi connectivity index (χ2v) is 8.54. The van der Waals surface area contributed by atoms with Gasteiger partial charge in [-0.15, -0.1) is 0 Å². The zero-order chi connectivity index (χ0) is 20.6. The van der Waals surface area contributed by atoms with E-state index in [9.17, 15) is 9.18 Å². The summed E-state index contributed by atoms with van der Waals surface area (Å²) in [6.45, 7) is 0.895. The van der Waals surface area contributed by atoms with Crippen molar-refractivity contribution in [3.8, 4) is 0 Å². The van der Waals surface area contributed by atoms with E-state index in [0.717, 1.165) is 16.1 Å². The minimum Gasteiger partial charge on any atom is -0.381 e. The fraction of sp³-hybridized carbons (Fsp3) is 0.409. The van der Waals surface area contributed by atoms with E-state index in [1.54, 1.807) is 11.9 Å². The van der Waals surface area contributed by atoms with E-state index in [1.807, 2.05) is 18.2 Å². The first-order valence-electron chi connectivity index (χ1n) is 9.63. The number of anilines is 1. The van der Waals surface area contributed by atoms with Crippen molar-refractivity contribution in [3.63, 3.8) is 0 Å². The van der Waals surface area contributed by atoms with Gasteiger partial charge >= 0.3 is 0 Å². The van der Waals surface area contributed by atoms with Crippen LogP contribution in [0.3, 0.4) is 0 Å². The third kappa shape index (κ3) is 3.79. The summed E-state index contributed by atoms with van der Waals surface area (Å²) in [6, 6.07) is 8.11. The molecule has 0 saturated carbocycles. The number of carbonyl (C=O) groups is 1. The van der Waals surface area contributed by atoms with Crippen LogP contribution in [0.1, 0.15) is 30.4 Å². The van der Waals surface area contributed by atoms with Crippen molar-refractivity contribution >= 4 is 23.4 Å². The molecule has 1 amide bonds. The molecule has 0 radical (unpaired) electrons. The molecule has 7 heteroatoms. The lowest BCUT2D eigenvalue weighted by molar-refractivity contribution is -0.118. The Morgan fingerprint density at radius 3 is 2.62 bits per heavy atom. The highest BCUT2D eigenvalue weighted by molar-refractivity contribution is 7.99. The predicted octanol–water partition coefficient (Wildman–Crippen LogP) is 4.68. The number of hydrogen-bond donors (Lipinski definition) is 0. The van der Waals surface area contributed by atoms with E-state index in [4.69, 9.17) is 9.47 Å². The van der Waals surface area contributed by atoms with E-state index in [1.165, 1.54) is 31.0 Å². The van der Waals surface area contributed by atoms with E-state index in [-0.39, 0.29) is 16.4 Å². The van der Waals surface area contributed by atoms with Crippen LogP contribution in [0.15, 0.2) is 40.1 Å². The van der Waals surface area contributed by atoms with Gasteiger partial charge < -0.3 is 14.4 Å². The van der Waals surface area contributed by atoms with Gasteiger partial charge in [0.2, 0.25) is 5.91 Å². The Labute approximate surface area is 173 Å². The number of benzene rings is 2. The summed E-state index contributed by atoms with van der Waals surface area (Å²) in [5.41, 5.74) is 1.27. The number of rotatable bonds is 4. The first-order valence-corrected chi connectivity index (χ1v) is 10.4. The van der Waals surface area contributed by atoms with Gasteiger partial charge in [0, 0.05) is 62.8 Å². The highest BCUT2D eigenvalue weighted by atomic mass is 32.2. The molecule has 0 bridgehead atoms. The molecule has 29 heavy (non-hydrogen) atoms. The highest BCUT2D eigenvalue weighted by Gasteiger charge is 2.38. The number of halogens is 2. The third-order valence-corrected chi connectivity index (χ3v) is 6.82. The fourth-order valence-electron chi connectivity index (χ4n) is 4.08. The molecular weight excluding hydrogens is 396 g/mol. The third-order valence-electron chi connectivity index (χ3n) is 5.81. The van der Waals surface area contributed by atoms with Gasteiger partial charge in [-0.2, -0.15) is 0 Å². The Morgan fingerprint density at radius 1 is 1.14 bits per heavy atom. The molecule has 0 aliphatic carbocycles. The molecule has 0 unspecified atom stereocenters. The van der Waals surface area contributed by atoms with Crippen molar-refractivity contribution in [2.24, 2.45) is 0 Å². The number of aryl methyl sites for hydroxylation is 1. The van der Waals surface area contributed by atoms with Crippen LogP contribution in [-0.4, -0.2) is 33.3 Å². The van der Waals surface area contributed by atoms with Crippen LogP contribution < -0.4 is 4.90 Å². The van der Waals surface area contributed by atoms with Gasteiger partial charge in [0.1, 0.15) is 17.2 Å². The maximum atomic E-state index is 15.4. The molecule has 0 atom stereocenters. The SMILES string of the molecule is COC1(c2cc(F)cc(Sc3ccc4c(c3)CCC(=O)N4C)c2F)CCOCC1. The first kappa shape index (κ1) is 20.3. The molecule has 0 spiro atoms. The minimum atomic E-state index is -0.876. The largest absolute Gasteiger partial charge is 0.381 e. The number of carbonyl (C=O) groups excluding carboxylic acids is 1. The summed E-state index contributed by atoms with van der Waals surface area (Å²) in [5, 5.41) is 0. The average Bonchev–Trinajstić information content (AvgIpc) is 2.73. The molecule has 2 aromatic rings. The quantitative estimate of drug-likeness (QED) is 0.722. The molecule has 2 aliphatic rings. The maximum absolute atomic E-state index is 15.4. The monoisotopic (exact) mass is 419 g/mol. The lowest BCUT2D eigenvalue weighted by Gasteiger charge is -2.36. The van der Waals surface area contributed by atoms with Gasteiger partial charge in [-0.05, 0) is 42.3 Å². The van der Waals surface area contributed by atoms with Crippen LogP contribution in [-0.2, 0) is 26.3 Å². The smallest absolute Gasteiger partial charge is 0.227 e. The fourth-order valence-corrected chi connectivity index (χ4v) is 5.04. The lowest BCUT2D eigenvalue weighted by atomic mass is 9.85. The molecule has 2 aromatic carbocycles. The van der Waals surface area contributed by atoms with Gasteiger partial charge in [0.15, 0.2) is 0 Å². The Hall–Kier alpha value is -1.96. The lowest BCUT2D eigenvalue weighted by Crippen LogP contribution is -2.36. The van der Waals surface area contributed by atoms with Gasteiger partial charge in [-0.3, -0.25) is 4.79 Å². The van der Waals surface area contributed by atoms with Gasteiger partial charge in [-0.1, -0.05) is 11.8 Å². The average molecular weight is 419 g/mol. The van der Waals surface area contributed by atoms with Crippen molar-refractivity contribution in [3.05, 3.63) is 53.1 Å². The van der Waals surface area contributed by atoms with Crippen molar-refractivity contribution in [2.75, 3.05) is 32.3 Å². The number of amides is 1. The molecule has 2 aliphatic heterocycles. The molecular formula is C22H23F2NO3S. The second-order valence-electron chi connectivity index (χ2n) is 7.42. The number of nitrogens with zero attached hydrogens (tertiary/aromatic N) is 1. The highest BCUT2D eigenvalue weighted by Crippen LogP contribution is 2.42. The minimum absolute atomic E-state index is 0.0834. The van der Waals surface area contributed by atoms with Crippen molar-refractivity contribution in [1.82, 2.24) is 0 Å². The molecule has 0 aromatic heterocycles. The van der Waals surface area contributed by atoms with E-state index >= 15 is 4.39 Å². The molecule has 4 rings (SSSR count). The Bertz CT molecular complexity index is 944. The van der Waals surface area contributed by atoms with Crippen LogP contribution in [0.4, 0.5) is 14.5 Å². The van der Waals surface area contributed by atoms with Crippen molar-refractivity contribution in [2.45, 2.75) is 41.1 Å². The Balaban J connectivity index is 1.68. The molecule has 154 valence electrons. The normalized spacial score (nSPS) is 18.6. The molecule has 0 N–H and O–H groups in total. The number of fused-ring (bicyclic) bond motifs is 1. The van der Waals surface area contributed by atoms with Gasteiger partial charge in [0.25, 0.3) is 0 Å². The summed E-state index contributed by atoms with van der Waals surface area (Å²) >= 11 is 1.19. The van der Waals surface area contributed by atoms with Crippen LogP contribution in [0.2, 0.25) is 0 Å². The summed E-state index contributed by atoms with van der Waals surface area (Å²) in [5.74, 6) is -0.861. The zero-order valence-corrected chi connectivity index (χ0v) is 17.3. The van der Waals surface area contributed by atoms with Crippen LogP contribution in [0.25, 0.3) is 0 Å². The Morgan fingerprint density at radius 2 is 1.90 bits per heavy atom.